The number of nitrogens with one attached hydrogen (secondary N) is 1. The number of nitrogen functional groups attached to an aromatic ring is 1. The summed E-state index contributed by atoms with van der Waals surface area (Å²) in [6.07, 6.45) is 2.02. The van der Waals surface area contributed by atoms with Crippen LogP contribution in [-0.2, 0) is 11.2 Å². The molecule has 5 nitrogen and oxygen atoms in total. The lowest BCUT2D eigenvalue weighted by atomic mass is 9.91. The summed E-state index contributed by atoms with van der Waals surface area (Å²) in [5.74, 6) is 0.849. The van der Waals surface area contributed by atoms with E-state index in [-0.39, 0.29) is 24.2 Å². The smallest absolute Gasteiger partial charge is 0.255 e. The van der Waals surface area contributed by atoms with Crippen LogP contribution in [0, 0.1) is 11.8 Å². The first-order valence-corrected chi connectivity index (χ1v) is 9.95. The number of anilines is 2. The van der Waals surface area contributed by atoms with Crippen LogP contribution in [0.2, 0.25) is 0 Å². The number of rotatable bonds is 5. The van der Waals surface area contributed by atoms with E-state index >= 15 is 0 Å². The van der Waals surface area contributed by atoms with Crippen molar-refractivity contribution in [1.82, 2.24) is 4.90 Å². The van der Waals surface area contributed by atoms with Crippen LogP contribution < -0.4 is 11.1 Å². The molecule has 2 unspecified atom stereocenters. The van der Waals surface area contributed by atoms with Crippen LogP contribution in [0.25, 0.3) is 0 Å². The fraction of sp³-hybridized carbons (Fsp3) is 0.391. The molecule has 2 amide bonds. The monoisotopic (exact) mass is 415 g/mol. The third-order valence-electron chi connectivity index (χ3n) is 5.26. The number of hydrogen-bond acceptors (Lipinski definition) is 3. The van der Waals surface area contributed by atoms with Crippen molar-refractivity contribution in [2.45, 2.75) is 33.1 Å². The molecular weight excluding hydrogens is 386 g/mol. The fourth-order valence-corrected chi connectivity index (χ4v) is 4.00. The number of amides is 2. The number of nitrogens with two attached hydrogens (primary N) is 1. The lowest BCUT2D eigenvalue weighted by Crippen LogP contribution is -2.42. The van der Waals surface area contributed by atoms with E-state index < -0.39 is 0 Å². The van der Waals surface area contributed by atoms with Gasteiger partial charge in [-0.15, -0.1) is 12.4 Å². The fourth-order valence-electron chi connectivity index (χ4n) is 4.00. The van der Waals surface area contributed by atoms with Gasteiger partial charge in [0.05, 0.1) is 11.3 Å². The zero-order valence-electron chi connectivity index (χ0n) is 17.1. The van der Waals surface area contributed by atoms with E-state index in [1.54, 1.807) is 12.1 Å². The van der Waals surface area contributed by atoms with Crippen molar-refractivity contribution < 1.29 is 9.59 Å². The largest absolute Gasteiger partial charge is 0.399 e. The Morgan fingerprint density at radius 3 is 2.34 bits per heavy atom. The molecule has 0 spiro atoms. The maximum atomic E-state index is 13.1. The number of aryl methyl sites for hydroxylation is 1. The first-order chi connectivity index (χ1) is 13.4. The van der Waals surface area contributed by atoms with E-state index in [0.29, 0.717) is 41.6 Å². The molecule has 0 radical (unpaired) electrons. The van der Waals surface area contributed by atoms with Crippen molar-refractivity contribution in [2.75, 3.05) is 24.1 Å². The summed E-state index contributed by atoms with van der Waals surface area (Å²) < 4.78 is 0. The molecule has 2 aromatic carbocycles. The van der Waals surface area contributed by atoms with E-state index in [2.05, 4.69) is 19.2 Å². The average Bonchev–Trinajstić information content (AvgIpc) is 2.66. The summed E-state index contributed by atoms with van der Waals surface area (Å²) in [6, 6.07) is 14.8. The molecule has 156 valence electrons. The number of nitrogens with zero attached hydrogens (tertiary/aromatic N) is 1. The molecule has 1 aliphatic rings. The highest BCUT2D eigenvalue weighted by Crippen LogP contribution is 2.25. The zero-order chi connectivity index (χ0) is 20.1. The standard InChI is InChI=1S/C23H29N3O2.ClH/c1-16-13-17(2)15-26(14-16)23(28)19-8-4-6-10-21(19)25-22(27)12-11-18-7-3-5-9-20(18)24;/h3-10,16-17H,11-15,24H2,1-2H3,(H,25,27);1H. The molecule has 2 atom stereocenters. The maximum absolute atomic E-state index is 13.1. The van der Waals surface area contributed by atoms with Crippen LogP contribution in [-0.4, -0.2) is 29.8 Å². The lowest BCUT2D eigenvalue weighted by Gasteiger charge is -2.35. The summed E-state index contributed by atoms with van der Waals surface area (Å²) in [5, 5.41) is 2.92. The number of piperidine rings is 1. The molecule has 6 heteroatoms. The molecule has 29 heavy (non-hydrogen) atoms. The topological polar surface area (TPSA) is 75.4 Å². The Morgan fingerprint density at radius 2 is 1.66 bits per heavy atom. The molecule has 1 fully saturated rings. The second-order valence-corrected chi connectivity index (χ2v) is 7.95. The van der Waals surface area contributed by atoms with E-state index in [4.69, 9.17) is 5.73 Å². The lowest BCUT2D eigenvalue weighted by molar-refractivity contribution is -0.116. The van der Waals surface area contributed by atoms with Crippen LogP contribution >= 0.6 is 12.4 Å². The molecule has 1 aliphatic heterocycles. The third kappa shape index (κ3) is 5.97. The Kier molecular flexibility index (Phi) is 8.09. The molecule has 0 aromatic heterocycles. The highest BCUT2D eigenvalue weighted by atomic mass is 35.5. The molecule has 1 saturated heterocycles. The molecular formula is C23H30ClN3O2. The van der Waals surface area contributed by atoms with Crippen LogP contribution in [0.1, 0.15) is 42.6 Å². The van der Waals surface area contributed by atoms with Crippen molar-refractivity contribution in [2.24, 2.45) is 11.8 Å². The van der Waals surface area contributed by atoms with Crippen LogP contribution in [0.5, 0.6) is 0 Å². The predicted molar refractivity (Wildman–Crippen MR) is 120 cm³/mol. The first-order valence-electron chi connectivity index (χ1n) is 9.95. The van der Waals surface area contributed by atoms with Gasteiger partial charge in [-0.05, 0) is 48.4 Å². The van der Waals surface area contributed by atoms with Crippen LogP contribution in [0.15, 0.2) is 48.5 Å². The van der Waals surface area contributed by atoms with Crippen LogP contribution in [0.4, 0.5) is 11.4 Å². The second kappa shape index (κ2) is 10.3. The predicted octanol–water partition coefficient (Wildman–Crippen LogP) is 4.38. The average molecular weight is 416 g/mol. The van der Waals surface area contributed by atoms with Gasteiger partial charge in [-0.1, -0.05) is 44.2 Å². The molecule has 1 heterocycles. The summed E-state index contributed by atoms with van der Waals surface area (Å²) in [4.78, 5) is 27.5. The number of likely N-dealkylation sites (tertiary alicyclic amines) is 1. The SMILES string of the molecule is CC1CC(C)CN(C(=O)c2ccccc2NC(=O)CCc2ccccc2N)C1.Cl. The minimum atomic E-state index is -0.121. The van der Waals surface area contributed by atoms with Gasteiger partial charge in [0.15, 0.2) is 0 Å². The van der Waals surface area contributed by atoms with Gasteiger partial charge in [0.25, 0.3) is 5.91 Å². The Labute approximate surface area is 179 Å². The number of hydrogen-bond donors (Lipinski definition) is 2. The van der Waals surface area contributed by atoms with Gasteiger partial charge in [0.2, 0.25) is 5.91 Å². The Hall–Kier alpha value is -2.53. The molecule has 3 rings (SSSR count). The minimum absolute atomic E-state index is 0. The Balaban J connectivity index is 0.00000300. The van der Waals surface area contributed by atoms with Gasteiger partial charge < -0.3 is 16.0 Å². The van der Waals surface area contributed by atoms with E-state index in [0.717, 1.165) is 25.1 Å². The van der Waals surface area contributed by atoms with E-state index in [1.165, 1.54) is 0 Å². The number of carbonyl (C=O) groups is 2. The maximum Gasteiger partial charge on any atom is 0.255 e. The van der Waals surface area contributed by atoms with E-state index in [9.17, 15) is 9.59 Å². The zero-order valence-corrected chi connectivity index (χ0v) is 17.9. The van der Waals surface area contributed by atoms with Crippen molar-refractivity contribution in [3.63, 3.8) is 0 Å². The molecule has 0 bridgehead atoms. The third-order valence-corrected chi connectivity index (χ3v) is 5.26. The van der Waals surface area contributed by atoms with Crippen molar-refractivity contribution in [3.8, 4) is 0 Å². The van der Waals surface area contributed by atoms with Gasteiger partial charge in [0, 0.05) is 25.2 Å². The van der Waals surface area contributed by atoms with Crippen molar-refractivity contribution >= 4 is 35.6 Å². The summed E-state index contributed by atoms with van der Waals surface area (Å²) in [5.41, 5.74) is 8.72. The second-order valence-electron chi connectivity index (χ2n) is 7.95. The molecule has 2 aromatic rings. The van der Waals surface area contributed by atoms with Crippen LogP contribution in [0.3, 0.4) is 0 Å². The summed E-state index contributed by atoms with van der Waals surface area (Å²) in [7, 11) is 0. The molecule has 3 N–H and O–H groups in total. The van der Waals surface area contributed by atoms with Gasteiger partial charge in [0.1, 0.15) is 0 Å². The highest BCUT2D eigenvalue weighted by molar-refractivity contribution is 6.03. The Bertz CT molecular complexity index is 846. The number of carbonyl (C=O) groups excluding carboxylic acids is 2. The van der Waals surface area contributed by atoms with Crippen molar-refractivity contribution in [1.29, 1.82) is 0 Å². The molecule has 0 aliphatic carbocycles. The Morgan fingerprint density at radius 1 is 1.03 bits per heavy atom. The number of halogens is 1. The number of para-hydroxylation sites is 2. The van der Waals surface area contributed by atoms with E-state index in [1.807, 2.05) is 41.3 Å². The normalized spacial score (nSPS) is 18.6. The van der Waals surface area contributed by atoms with Gasteiger partial charge >= 0.3 is 0 Å². The highest BCUT2D eigenvalue weighted by Gasteiger charge is 2.27. The quantitative estimate of drug-likeness (QED) is 0.711. The number of benzene rings is 2. The minimum Gasteiger partial charge on any atom is -0.399 e. The van der Waals surface area contributed by atoms with Gasteiger partial charge in [-0.2, -0.15) is 0 Å². The van der Waals surface area contributed by atoms with Gasteiger partial charge in [-0.25, -0.2) is 0 Å². The van der Waals surface area contributed by atoms with Crippen molar-refractivity contribution in [3.05, 3.63) is 59.7 Å². The summed E-state index contributed by atoms with van der Waals surface area (Å²) in [6.45, 7) is 5.88. The summed E-state index contributed by atoms with van der Waals surface area (Å²) >= 11 is 0. The first kappa shape index (κ1) is 22.8. The molecule has 0 saturated carbocycles. The van der Waals surface area contributed by atoms with Gasteiger partial charge in [-0.3, -0.25) is 9.59 Å².